The second-order valence-electron chi connectivity index (χ2n) is 11.5. The lowest BCUT2D eigenvalue weighted by Crippen LogP contribution is -2.34. The number of rotatable bonds is 8. The van der Waals surface area contributed by atoms with E-state index in [1.165, 1.54) is 19.2 Å². The Labute approximate surface area is 260 Å². The number of ether oxygens (including phenoxy) is 2. The SMILES string of the molecule is Cc1ccc(-c2cc(OC(=O)N(C)c3cc(F)cc(F)c3)nc(Nc3ccc(OCC4CCCN(C)C4)c(F)c3)n2)c(C)c1C. The summed E-state index contributed by atoms with van der Waals surface area (Å²) in [7, 11) is 3.39. The molecule has 236 valence electrons. The van der Waals surface area contributed by atoms with Gasteiger partial charge in [0.25, 0.3) is 0 Å². The number of amides is 1. The number of aryl methyl sites for hydroxylation is 1. The molecule has 1 unspecified atom stereocenters. The number of hydrogen-bond acceptors (Lipinski definition) is 7. The number of piperidine rings is 1. The highest BCUT2D eigenvalue weighted by molar-refractivity contribution is 5.88. The molecule has 0 saturated carbocycles. The van der Waals surface area contributed by atoms with Crippen LogP contribution in [0.5, 0.6) is 11.6 Å². The first-order valence-corrected chi connectivity index (χ1v) is 14.7. The number of halogens is 3. The molecular formula is C34H36F3N5O3. The predicted molar refractivity (Wildman–Crippen MR) is 168 cm³/mol. The molecule has 1 amide bonds. The smallest absolute Gasteiger partial charge is 0.420 e. The fourth-order valence-corrected chi connectivity index (χ4v) is 5.34. The van der Waals surface area contributed by atoms with Crippen molar-refractivity contribution in [3.05, 3.63) is 88.7 Å². The highest BCUT2D eigenvalue weighted by Gasteiger charge is 2.20. The molecule has 1 aromatic heterocycles. The fourth-order valence-electron chi connectivity index (χ4n) is 5.34. The molecule has 1 saturated heterocycles. The molecule has 11 heteroatoms. The quantitative estimate of drug-likeness (QED) is 0.218. The van der Waals surface area contributed by atoms with Gasteiger partial charge in [-0.05, 0) is 88.2 Å². The Morgan fingerprint density at radius 3 is 2.47 bits per heavy atom. The van der Waals surface area contributed by atoms with Crippen molar-refractivity contribution in [1.29, 1.82) is 0 Å². The van der Waals surface area contributed by atoms with Gasteiger partial charge in [-0.25, -0.2) is 22.9 Å². The second kappa shape index (κ2) is 13.6. The summed E-state index contributed by atoms with van der Waals surface area (Å²) in [5.74, 6) is -1.79. The van der Waals surface area contributed by atoms with E-state index in [0.29, 0.717) is 30.0 Å². The zero-order valence-electron chi connectivity index (χ0n) is 26.0. The first kappa shape index (κ1) is 31.8. The maximum atomic E-state index is 15.1. The third-order valence-electron chi connectivity index (χ3n) is 8.12. The minimum atomic E-state index is -0.927. The first-order chi connectivity index (χ1) is 21.5. The molecule has 1 atom stereocenters. The van der Waals surface area contributed by atoms with Crippen LogP contribution in [0, 0.1) is 44.1 Å². The van der Waals surface area contributed by atoms with Crippen molar-refractivity contribution in [3.8, 4) is 22.9 Å². The number of carbonyl (C=O) groups is 1. The Morgan fingerprint density at radius 1 is 1.00 bits per heavy atom. The lowest BCUT2D eigenvalue weighted by molar-refractivity contribution is 0.147. The van der Waals surface area contributed by atoms with Crippen molar-refractivity contribution in [1.82, 2.24) is 14.9 Å². The van der Waals surface area contributed by atoms with Crippen LogP contribution in [-0.4, -0.2) is 54.8 Å². The second-order valence-corrected chi connectivity index (χ2v) is 11.5. The summed E-state index contributed by atoms with van der Waals surface area (Å²) < 4.78 is 54.0. The van der Waals surface area contributed by atoms with Crippen molar-refractivity contribution in [2.75, 3.05) is 44.0 Å². The van der Waals surface area contributed by atoms with E-state index in [2.05, 4.69) is 27.2 Å². The molecule has 5 rings (SSSR count). The topological polar surface area (TPSA) is 79.8 Å². The summed E-state index contributed by atoms with van der Waals surface area (Å²) in [4.78, 5) is 25.2. The number of benzene rings is 3. The molecule has 3 aromatic carbocycles. The molecule has 1 aliphatic heterocycles. The fraction of sp³-hybridized carbons (Fsp3) is 0.324. The third-order valence-corrected chi connectivity index (χ3v) is 8.12. The van der Waals surface area contributed by atoms with E-state index in [-0.39, 0.29) is 23.3 Å². The van der Waals surface area contributed by atoms with E-state index in [4.69, 9.17) is 9.47 Å². The summed E-state index contributed by atoms with van der Waals surface area (Å²) in [6, 6.07) is 12.6. The first-order valence-electron chi connectivity index (χ1n) is 14.7. The van der Waals surface area contributed by atoms with Crippen LogP contribution in [0.25, 0.3) is 11.3 Å². The zero-order chi connectivity index (χ0) is 32.2. The van der Waals surface area contributed by atoms with Crippen molar-refractivity contribution >= 4 is 23.4 Å². The van der Waals surface area contributed by atoms with Gasteiger partial charge in [0.1, 0.15) is 11.6 Å². The van der Waals surface area contributed by atoms with E-state index in [0.717, 1.165) is 65.2 Å². The minimum absolute atomic E-state index is 0.0385. The average Bonchev–Trinajstić information content (AvgIpc) is 2.98. The predicted octanol–water partition coefficient (Wildman–Crippen LogP) is 7.59. The van der Waals surface area contributed by atoms with Crippen LogP contribution in [0.15, 0.2) is 54.6 Å². The zero-order valence-corrected chi connectivity index (χ0v) is 26.0. The average molecular weight is 620 g/mol. The minimum Gasteiger partial charge on any atom is -0.490 e. The Morgan fingerprint density at radius 2 is 1.76 bits per heavy atom. The van der Waals surface area contributed by atoms with Crippen molar-refractivity contribution in [2.24, 2.45) is 5.92 Å². The Balaban J connectivity index is 1.40. The standard InChI is InChI=1S/C34H36F3N5O3/c1-20-8-10-28(22(3)21(20)2)30-17-32(45-34(43)42(5)27-14-24(35)13-25(36)15-27)40-33(39-30)38-26-9-11-31(29(37)16-26)44-19-23-7-6-12-41(4)18-23/h8-11,13-17,23H,6-7,12,18-19H2,1-5H3,(H,38,39,40). The van der Waals surface area contributed by atoms with Gasteiger partial charge in [0.05, 0.1) is 18.0 Å². The Bertz CT molecular complexity index is 1700. The van der Waals surface area contributed by atoms with Gasteiger partial charge >= 0.3 is 6.09 Å². The van der Waals surface area contributed by atoms with Gasteiger partial charge in [0.15, 0.2) is 11.6 Å². The van der Waals surface area contributed by atoms with E-state index in [1.54, 1.807) is 12.1 Å². The van der Waals surface area contributed by atoms with Crippen molar-refractivity contribution in [2.45, 2.75) is 33.6 Å². The van der Waals surface area contributed by atoms with Crippen molar-refractivity contribution < 1.29 is 27.4 Å². The van der Waals surface area contributed by atoms with Crippen LogP contribution in [-0.2, 0) is 0 Å². The summed E-state index contributed by atoms with van der Waals surface area (Å²) in [5, 5.41) is 3.00. The molecule has 45 heavy (non-hydrogen) atoms. The molecule has 1 fully saturated rings. The summed E-state index contributed by atoms with van der Waals surface area (Å²) in [6.07, 6.45) is 1.21. The molecule has 0 radical (unpaired) electrons. The summed E-state index contributed by atoms with van der Waals surface area (Å²) in [5.41, 5.74) is 4.70. The van der Waals surface area contributed by atoms with E-state index >= 15 is 4.39 Å². The summed E-state index contributed by atoms with van der Waals surface area (Å²) >= 11 is 0. The number of anilines is 3. The van der Waals surface area contributed by atoms with Gasteiger partial charge in [-0.3, -0.25) is 4.90 Å². The Kier molecular flexibility index (Phi) is 9.57. The lowest BCUT2D eigenvalue weighted by atomic mass is 9.97. The molecule has 8 nitrogen and oxygen atoms in total. The molecule has 1 N–H and O–H groups in total. The largest absolute Gasteiger partial charge is 0.490 e. The number of nitrogens with zero attached hydrogens (tertiary/aromatic N) is 4. The molecule has 2 heterocycles. The van der Waals surface area contributed by atoms with E-state index in [1.807, 2.05) is 32.9 Å². The van der Waals surface area contributed by atoms with E-state index in [9.17, 15) is 13.6 Å². The van der Waals surface area contributed by atoms with Gasteiger partial charge in [-0.2, -0.15) is 4.98 Å². The maximum absolute atomic E-state index is 15.1. The highest BCUT2D eigenvalue weighted by atomic mass is 19.1. The van der Waals surface area contributed by atoms with Gasteiger partial charge in [0.2, 0.25) is 11.8 Å². The van der Waals surface area contributed by atoms with Crippen LogP contribution in [0.4, 0.5) is 35.3 Å². The number of nitrogens with one attached hydrogen (secondary N) is 1. The molecular weight excluding hydrogens is 583 g/mol. The van der Waals surface area contributed by atoms with Crippen LogP contribution in [0.2, 0.25) is 0 Å². The molecule has 0 aliphatic carbocycles. The van der Waals surface area contributed by atoms with Gasteiger partial charge < -0.3 is 19.7 Å². The monoisotopic (exact) mass is 619 g/mol. The van der Waals surface area contributed by atoms with Crippen LogP contribution < -0.4 is 19.7 Å². The van der Waals surface area contributed by atoms with Gasteiger partial charge in [-0.15, -0.1) is 0 Å². The number of aromatic nitrogens is 2. The third kappa shape index (κ3) is 7.72. The lowest BCUT2D eigenvalue weighted by Gasteiger charge is -2.29. The van der Waals surface area contributed by atoms with E-state index < -0.39 is 23.5 Å². The van der Waals surface area contributed by atoms with Crippen molar-refractivity contribution in [3.63, 3.8) is 0 Å². The Hall–Kier alpha value is -4.64. The maximum Gasteiger partial charge on any atom is 0.420 e. The molecule has 1 aliphatic rings. The number of hydrogen-bond donors (Lipinski definition) is 1. The number of carbonyl (C=O) groups excluding carboxylic acids is 1. The summed E-state index contributed by atoms with van der Waals surface area (Å²) in [6.45, 7) is 8.37. The van der Waals surface area contributed by atoms with Crippen LogP contribution in [0.1, 0.15) is 29.5 Å². The van der Waals surface area contributed by atoms with Gasteiger partial charge in [0, 0.05) is 49.0 Å². The van der Waals surface area contributed by atoms with Gasteiger partial charge in [-0.1, -0.05) is 12.1 Å². The highest BCUT2D eigenvalue weighted by Crippen LogP contribution is 2.31. The molecule has 0 spiro atoms. The van der Waals surface area contributed by atoms with Crippen LogP contribution >= 0.6 is 0 Å². The molecule has 4 aromatic rings. The van der Waals surface area contributed by atoms with Crippen LogP contribution in [0.3, 0.4) is 0 Å². The molecule has 0 bridgehead atoms. The number of likely N-dealkylation sites (tertiary alicyclic amines) is 1. The normalized spacial score (nSPS) is 15.1.